The molecule has 1 fully saturated rings. The van der Waals surface area contributed by atoms with E-state index in [4.69, 9.17) is 5.73 Å². The monoisotopic (exact) mass is 293 g/mol. The number of rotatable bonds is 5. The van der Waals surface area contributed by atoms with Gasteiger partial charge in [-0.2, -0.15) is 0 Å². The van der Waals surface area contributed by atoms with Gasteiger partial charge in [0, 0.05) is 38.3 Å². The van der Waals surface area contributed by atoms with Crippen molar-refractivity contribution in [1.29, 1.82) is 0 Å². The highest BCUT2D eigenvalue weighted by Crippen LogP contribution is 2.27. The highest BCUT2D eigenvalue weighted by molar-refractivity contribution is 5.55. The van der Waals surface area contributed by atoms with Gasteiger partial charge in [0.1, 0.15) is 5.82 Å². The molecule has 118 valence electrons. The number of hydrogen-bond acceptors (Lipinski definition) is 3. The van der Waals surface area contributed by atoms with Crippen LogP contribution in [0.5, 0.6) is 0 Å². The average molecular weight is 293 g/mol. The van der Waals surface area contributed by atoms with Crippen LogP contribution in [0.3, 0.4) is 0 Å². The second kappa shape index (κ2) is 7.23. The summed E-state index contributed by atoms with van der Waals surface area (Å²) < 4.78 is 14.3. The smallest absolute Gasteiger partial charge is 0.146 e. The molecule has 2 rings (SSSR count). The highest BCUT2D eigenvalue weighted by Gasteiger charge is 2.23. The zero-order chi connectivity index (χ0) is 15.4. The van der Waals surface area contributed by atoms with Gasteiger partial charge in [0.25, 0.3) is 0 Å². The zero-order valence-corrected chi connectivity index (χ0v) is 13.5. The molecule has 0 saturated carbocycles. The fraction of sp³-hybridized carbons (Fsp3) is 0.647. The number of nitrogens with zero attached hydrogens (tertiary/aromatic N) is 2. The van der Waals surface area contributed by atoms with Crippen molar-refractivity contribution >= 4 is 5.69 Å². The van der Waals surface area contributed by atoms with Crippen LogP contribution in [0.1, 0.15) is 32.8 Å². The molecule has 1 aliphatic heterocycles. The molecule has 0 aliphatic carbocycles. The van der Waals surface area contributed by atoms with Gasteiger partial charge in [0.05, 0.1) is 5.69 Å². The minimum absolute atomic E-state index is 0.0995. The van der Waals surface area contributed by atoms with Crippen molar-refractivity contribution in [2.45, 2.75) is 45.7 Å². The molecule has 0 spiro atoms. The average Bonchev–Trinajstić information content (AvgIpc) is 2.47. The minimum atomic E-state index is -0.117. The maximum absolute atomic E-state index is 14.3. The molecule has 1 aromatic carbocycles. The summed E-state index contributed by atoms with van der Waals surface area (Å²) in [7, 11) is 0. The van der Waals surface area contributed by atoms with E-state index in [0.29, 0.717) is 6.04 Å². The third-order valence-corrected chi connectivity index (χ3v) is 4.44. The third kappa shape index (κ3) is 3.95. The van der Waals surface area contributed by atoms with Crippen molar-refractivity contribution < 1.29 is 4.39 Å². The molecule has 0 radical (unpaired) electrons. The Morgan fingerprint density at radius 1 is 1.19 bits per heavy atom. The second-order valence-corrected chi connectivity index (χ2v) is 6.24. The van der Waals surface area contributed by atoms with Crippen LogP contribution >= 0.6 is 0 Å². The Labute approximate surface area is 127 Å². The van der Waals surface area contributed by atoms with Gasteiger partial charge < -0.3 is 10.6 Å². The van der Waals surface area contributed by atoms with Gasteiger partial charge in [-0.05, 0) is 38.3 Å². The lowest BCUT2D eigenvalue weighted by Crippen LogP contribution is -2.49. The molecule has 4 heteroatoms. The Morgan fingerprint density at radius 3 is 2.43 bits per heavy atom. The number of para-hydroxylation sites is 1. The van der Waals surface area contributed by atoms with E-state index in [1.807, 2.05) is 6.07 Å². The SMILES string of the molecule is CCC(N)Cc1cccc(F)c1N1CCN(C(C)C)CC1. The van der Waals surface area contributed by atoms with Crippen LogP contribution in [0.2, 0.25) is 0 Å². The number of anilines is 1. The van der Waals surface area contributed by atoms with Crippen molar-refractivity contribution in [3.8, 4) is 0 Å². The molecule has 1 atom stereocenters. The van der Waals surface area contributed by atoms with E-state index in [1.54, 1.807) is 12.1 Å². The summed E-state index contributed by atoms with van der Waals surface area (Å²) in [6.45, 7) is 10.2. The number of piperazine rings is 1. The molecule has 1 aliphatic rings. The summed E-state index contributed by atoms with van der Waals surface area (Å²) in [6, 6.07) is 6.03. The second-order valence-electron chi connectivity index (χ2n) is 6.24. The normalized spacial score (nSPS) is 18.3. The van der Waals surface area contributed by atoms with Crippen LogP contribution in [0.25, 0.3) is 0 Å². The van der Waals surface area contributed by atoms with Crippen LogP contribution in [0.4, 0.5) is 10.1 Å². The molecular weight excluding hydrogens is 265 g/mol. The first-order valence-electron chi connectivity index (χ1n) is 8.04. The van der Waals surface area contributed by atoms with E-state index >= 15 is 0 Å². The van der Waals surface area contributed by atoms with Gasteiger partial charge in [-0.25, -0.2) is 4.39 Å². The maximum Gasteiger partial charge on any atom is 0.146 e. The Balaban J connectivity index is 2.15. The quantitative estimate of drug-likeness (QED) is 0.906. The molecular formula is C17H28FN3. The fourth-order valence-corrected chi connectivity index (χ4v) is 2.97. The van der Waals surface area contributed by atoms with Crippen molar-refractivity contribution in [3.05, 3.63) is 29.6 Å². The van der Waals surface area contributed by atoms with Crippen molar-refractivity contribution in [2.24, 2.45) is 5.73 Å². The lowest BCUT2D eigenvalue weighted by Gasteiger charge is -2.39. The summed E-state index contributed by atoms with van der Waals surface area (Å²) in [5.74, 6) is -0.117. The zero-order valence-electron chi connectivity index (χ0n) is 13.5. The van der Waals surface area contributed by atoms with E-state index in [-0.39, 0.29) is 11.9 Å². The Kier molecular flexibility index (Phi) is 5.59. The summed E-state index contributed by atoms with van der Waals surface area (Å²) in [5.41, 5.74) is 7.88. The number of nitrogens with two attached hydrogens (primary N) is 1. The van der Waals surface area contributed by atoms with Crippen molar-refractivity contribution in [1.82, 2.24) is 4.90 Å². The molecule has 21 heavy (non-hydrogen) atoms. The van der Waals surface area contributed by atoms with Gasteiger partial charge in [0.2, 0.25) is 0 Å². The predicted molar refractivity (Wildman–Crippen MR) is 87.3 cm³/mol. The van der Waals surface area contributed by atoms with Crippen LogP contribution in [-0.4, -0.2) is 43.2 Å². The molecule has 1 saturated heterocycles. The predicted octanol–water partition coefficient (Wildman–Crippen LogP) is 2.64. The molecule has 1 unspecified atom stereocenters. The molecule has 0 aromatic heterocycles. The molecule has 3 nitrogen and oxygen atoms in total. The first kappa shape index (κ1) is 16.2. The van der Waals surface area contributed by atoms with Gasteiger partial charge in [-0.15, -0.1) is 0 Å². The standard InChI is InChI=1S/C17H28FN3/c1-4-15(19)12-14-6-5-7-16(18)17(14)21-10-8-20(9-11-21)13(2)3/h5-7,13,15H,4,8-12,19H2,1-3H3. The van der Waals surface area contributed by atoms with Gasteiger partial charge in [-0.1, -0.05) is 19.1 Å². The molecule has 0 bridgehead atoms. The first-order valence-corrected chi connectivity index (χ1v) is 8.04. The lowest BCUT2D eigenvalue weighted by molar-refractivity contribution is 0.209. The minimum Gasteiger partial charge on any atom is -0.366 e. The van der Waals surface area contributed by atoms with Gasteiger partial charge in [-0.3, -0.25) is 4.90 Å². The summed E-state index contributed by atoms with van der Waals surface area (Å²) >= 11 is 0. The summed E-state index contributed by atoms with van der Waals surface area (Å²) in [6.07, 6.45) is 1.66. The maximum atomic E-state index is 14.3. The largest absolute Gasteiger partial charge is 0.366 e. The van der Waals surface area contributed by atoms with E-state index in [1.165, 1.54) is 0 Å². The highest BCUT2D eigenvalue weighted by atomic mass is 19.1. The molecule has 1 aromatic rings. The van der Waals surface area contributed by atoms with Gasteiger partial charge in [0.15, 0.2) is 0 Å². The molecule has 1 heterocycles. The topological polar surface area (TPSA) is 32.5 Å². The fourth-order valence-electron chi connectivity index (χ4n) is 2.97. The lowest BCUT2D eigenvalue weighted by atomic mass is 10.0. The third-order valence-electron chi connectivity index (χ3n) is 4.44. The molecule has 2 N–H and O–H groups in total. The number of benzene rings is 1. The van der Waals surface area contributed by atoms with Crippen molar-refractivity contribution in [2.75, 3.05) is 31.1 Å². The van der Waals surface area contributed by atoms with E-state index in [0.717, 1.165) is 50.3 Å². The number of halogens is 1. The Bertz CT molecular complexity index is 453. The van der Waals surface area contributed by atoms with E-state index < -0.39 is 0 Å². The molecule has 0 amide bonds. The first-order chi connectivity index (χ1) is 10.0. The van der Waals surface area contributed by atoms with Gasteiger partial charge >= 0.3 is 0 Å². The van der Waals surface area contributed by atoms with Crippen LogP contribution < -0.4 is 10.6 Å². The Morgan fingerprint density at radius 2 is 1.86 bits per heavy atom. The number of hydrogen-bond donors (Lipinski definition) is 1. The van der Waals surface area contributed by atoms with Crippen LogP contribution in [0, 0.1) is 5.82 Å². The summed E-state index contributed by atoms with van der Waals surface area (Å²) in [4.78, 5) is 4.63. The van der Waals surface area contributed by atoms with Crippen molar-refractivity contribution in [3.63, 3.8) is 0 Å². The van der Waals surface area contributed by atoms with E-state index in [9.17, 15) is 4.39 Å². The summed E-state index contributed by atoms with van der Waals surface area (Å²) in [5, 5.41) is 0. The van der Waals surface area contributed by atoms with E-state index in [2.05, 4.69) is 30.6 Å². The Hall–Kier alpha value is -1.13. The van der Waals surface area contributed by atoms with Crippen LogP contribution in [0.15, 0.2) is 18.2 Å². The van der Waals surface area contributed by atoms with Crippen LogP contribution in [-0.2, 0) is 6.42 Å².